The van der Waals surface area contributed by atoms with E-state index in [9.17, 15) is 13.2 Å². The number of hydrogen-bond donors (Lipinski definition) is 0. The molecule has 1 amide bonds. The van der Waals surface area contributed by atoms with Gasteiger partial charge in [-0.15, -0.1) is 11.3 Å². The maximum atomic E-state index is 13.6. The van der Waals surface area contributed by atoms with Gasteiger partial charge in [0.25, 0.3) is 5.91 Å². The Morgan fingerprint density at radius 3 is 2.42 bits per heavy atom. The number of sulfonamides is 1. The molecule has 0 atom stereocenters. The highest BCUT2D eigenvalue weighted by Gasteiger charge is 2.25. The Morgan fingerprint density at radius 2 is 1.78 bits per heavy atom. The van der Waals surface area contributed by atoms with Crippen molar-refractivity contribution in [3.63, 3.8) is 0 Å². The number of hydrogen-bond acceptors (Lipinski definition) is 7. The van der Waals surface area contributed by atoms with Crippen molar-refractivity contribution in [2.24, 2.45) is 5.10 Å². The Morgan fingerprint density at radius 1 is 1.06 bits per heavy atom. The Kier molecular flexibility index (Phi) is 8.30. The third-order valence-corrected chi connectivity index (χ3v) is 9.15. The Bertz CT molecular complexity index is 1450. The molecule has 10 heteroatoms. The summed E-state index contributed by atoms with van der Waals surface area (Å²) >= 11 is 2.90. The molecule has 0 radical (unpaired) electrons. The fourth-order valence-electron chi connectivity index (χ4n) is 3.67. The minimum Gasteiger partial charge on any atom is -0.267 e. The SMILES string of the molecule is CCCN(CCC)S(=O)(=O)c1ccc(C(=O)N(/N=C/c2cccs2)c2nc3ccc(C)cc3s2)cc1. The van der Waals surface area contributed by atoms with Gasteiger partial charge in [-0.3, -0.25) is 4.79 Å². The number of nitrogens with zero attached hydrogens (tertiary/aromatic N) is 4. The van der Waals surface area contributed by atoms with Gasteiger partial charge in [0.05, 0.1) is 21.3 Å². The molecule has 0 saturated heterocycles. The molecule has 0 aliphatic carbocycles. The molecule has 0 saturated carbocycles. The average molecular weight is 541 g/mol. The van der Waals surface area contributed by atoms with Gasteiger partial charge in [-0.2, -0.15) is 14.4 Å². The number of benzene rings is 2. The van der Waals surface area contributed by atoms with Crippen LogP contribution >= 0.6 is 22.7 Å². The van der Waals surface area contributed by atoms with Gasteiger partial charge < -0.3 is 0 Å². The second-order valence-electron chi connectivity index (χ2n) is 8.27. The topological polar surface area (TPSA) is 82.9 Å². The standard InChI is InChI=1S/C26H28N4O3S3/c1-4-14-29(15-5-2)36(32,33)22-11-9-20(10-12-22)25(31)30(27-18-21-7-6-16-34-21)26-28-23-13-8-19(3)17-24(23)35-26/h6-13,16-18H,4-5,14-15H2,1-3H3/b27-18+. The van der Waals surface area contributed by atoms with Gasteiger partial charge in [-0.1, -0.05) is 37.3 Å². The van der Waals surface area contributed by atoms with Crippen LogP contribution in [0.3, 0.4) is 0 Å². The second kappa shape index (κ2) is 11.4. The Hall–Kier alpha value is -2.92. The van der Waals surface area contributed by atoms with Gasteiger partial charge in [0.15, 0.2) is 0 Å². The fourth-order valence-corrected chi connectivity index (χ4v) is 6.89. The van der Waals surface area contributed by atoms with E-state index in [1.54, 1.807) is 6.21 Å². The Labute approximate surface area is 219 Å². The molecule has 188 valence electrons. The zero-order valence-electron chi connectivity index (χ0n) is 20.4. The Balaban J connectivity index is 1.67. The summed E-state index contributed by atoms with van der Waals surface area (Å²) in [4.78, 5) is 19.3. The molecular weight excluding hydrogens is 513 g/mol. The number of carbonyl (C=O) groups is 1. The first-order valence-electron chi connectivity index (χ1n) is 11.7. The molecular formula is C26H28N4O3S3. The first-order chi connectivity index (χ1) is 17.3. The zero-order chi connectivity index (χ0) is 25.7. The van der Waals surface area contributed by atoms with Crippen LogP contribution in [0.15, 0.2) is 70.0 Å². The van der Waals surface area contributed by atoms with Crippen LogP contribution in [0.1, 0.15) is 47.5 Å². The fraction of sp³-hybridized carbons (Fsp3) is 0.269. The predicted molar refractivity (Wildman–Crippen MR) is 149 cm³/mol. The summed E-state index contributed by atoms with van der Waals surface area (Å²) in [5.74, 6) is -0.387. The monoisotopic (exact) mass is 540 g/mol. The van der Waals surface area contributed by atoms with Crippen molar-refractivity contribution >= 4 is 60.2 Å². The molecule has 0 bridgehead atoms. The maximum absolute atomic E-state index is 13.6. The van der Waals surface area contributed by atoms with Crippen LogP contribution in [0, 0.1) is 6.92 Å². The second-order valence-corrected chi connectivity index (χ2v) is 12.2. The first-order valence-corrected chi connectivity index (χ1v) is 14.9. The molecule has 0 N–H and O–H groups in total. The molecule has 0 fully saturated rings. The van der Waals surface area contributed by atoms with Crippen LogP contribution in [0.25, 0.3) is 10.2 Å². The number of thiazole rings is 1. The van der Waals surface area contributed by atoms with Crippen molar-refractivity contribution in [2.45, 2.75) is 38.5 Å². The number of anilines is 1. The smallest absolute Gasteiger partial charge is 0.267 e. The van der Waals surface area contributed by atoms with E-state index in [1.165, 1.54) is 56.3 Å². The number of carbonyl (C=O) groups excluding carboxylic acids is 1. The number of rotatable bonds is 10. The largest absolute Gasteiger partial charge is 0.280 e. The van der Waals surface area contributed by atoms with Crippen molar-refractivity contribution in [1.82, 2.24) is 9.29 Å². The lowest BCUT2D eigenvalue weighted by Gasteiger charge is -2.21. The first kappa shape index (κ1) is 26.2. The van der Waals surface area contributed by atoms with E-state index in [4.69, 9.17) is 0 Å². The minimum absolute atomic E-state index is 0.171. The highest BCUT2D eigenvalue weighted by atomic mass is 32.2. The quantitative estimate of drug-likeness (QED) is 0.178. The summed E-state index contributed by atoms with van der Waals surface area (Å²) in [6.07, 6.45) is 3.09. The molecule has 0 spiro atoms. The number of hydrazone groups is 1. The van der Waals surface area contributed by atoms with E-state index in [2.05, 4.69) is 10.1 Å². The van der Waals surface area contributed by atoms with Crippen LogP contribution < -0.4 is 5.01 Å². The lowest BCUT2D eigenvalue weighted by Crippen LogP contribution is -2.32. The highest BCUT2D eigenvalue weighted by Crippen LogP contribution is 2.31. The van der Waals surface area contributed by atoms with Crippen molar-refractivity contribution in [1.29, 1.82) is 0 Å². The molecule has 0 unspecified atom stereocenters. The highest BCUT2D eigenvalue weighted by molar-refractivity contribution is 7.89. The third kappa shape index (κ3) is 5.73. The molecule has 0 aliphatic heterocycles. The van der Waals surface area contributed by atoms with Crippen molar-refractivity contribution in [2.75, 3.05) is 18.1 Å². The molecule has 0 aliphatic rings. The van der Waals surface area contributed by atoms with Gasteiger partial charge in [0, 0.05) is 23.5 Å². The van der Waals surface area contributed by atoms with Crippen LogP contribution in [0.5, 0.6) is 0 Å². The van der Waals surface area contributed by atoms with Crippen molar-refractivity contribution in [3.8, 4) is 0 Å². The number of fused-ring (bicyclic) bond motifs is 1. The molecule has 2 aromatic heterocycles. The molecule has 4 aromatic rings. The lowest BCUT2D eigenvalue weighted by atomic mass is 10.2. The summed E-state index contributed by atoms with van der Waals surface area (Å²) in [6, 6.07) is 15.8. The third-order valence-electron chi connectivity index (χ3n) is 5.43. The van der Waals surface area contributed by atoms with E-state index >= 15 is 0 Å². The maximum Gasteiger partial charge on any atom is 0.280 e. The van der Waals surface area contributed by atoms with Gasteiger partial charge >= 0.3 is 0 Å². The van der Waals surface area contributed by atoms with E-state index in [0.29, 0.717) is 23.8 Å². The minimum atomic E-state index is -3.63. The van der Waals surface area contributed by atoms with E-state index in [0.717, 1.165) is 33.5 Å². The number of thiophene rings is 1. The predicted octanol–water partition coefficient (Wildman–Crippen LogP) is 6.16. The van der Waals surface area contributed by atoms with Gasteiger partial charge in [0.1, 0.15) is 0 Å². The van der Waals surface area contributed by atoms with Crippen LogP contribution in [-0.4, -0.2) is 42.9 Å². The van der Waals surface area contributed by atoms with E-state index in [-0.39, 0.29) is 10.8 Å². The van der Waals surface area contributed by atoms with E-state index < -0.39 is 10.0 Å². The van der Waals surface area contributed by atoms with Crippen LogP contribution in [0.2, 0.25) is 0 Å². The van der Waals surface area contributed by atoms with E-state index in [1.807, 2.05) is 56.5 Å². The normalized spacial score (nSPS) is 12.1. The molecule has 2 heterocycles. The van der Waals surface area contributed by atoms with Gasteiger partial charge in [0.2, 0.25) is 15.2 Å². The van der Waals surface area contributed by atoms with Crippen molar-refractivity contribution < 1.29 is 13.2 Å². The molecule has 4 rings (SSSR count). The van der Waals surface area contributed by atoms with Crippen molar-refractivity contribution in [3.05, 3.63) is 76.0 Å². The summed E-state index contributed by atoms with van der Waals surface area (Å²) < 4.78 is 28.7. The number of aryl methyl sites for hydroxylation is 1. The van der Waals surface area contributed by atoms with Crippen LogP contribution in [-0.2, 0) is 10.0 Å². The van der Waals surface area contributed by atoms with Gasteiger partial charge in [-0.05, 0) is 73.2 Å². The average Bonchev–Trinajstić information content (AvgIpc) is 3.53. The van der Waals surface area contributed by atoms with Crippen LogP contribution in [0.4, 0.5) is 5.13 Å². The summed E-state index contributed by atoms with van der Waals surface area (Å²) in [6.45, 7) is 6.83. The summed E-state index contributed by atoms with van der Waals surface area (Å²) in [5, 5.41) is 8.14. The molecule has 2 aromatic carbocycles. The summed E-state index contributed by atoms with van der Waals surface area (Å²) in [7, 11) is -3.63. The number of aromatic nitrogens is 1. The molecule has 36 heavy (non-hydrogen) atoms. The lowest BCUT2D eigenvalue weighted by molar-refractivity contribution is 0.0987. The van der Waals surface area contributed by atoms with Gasteiger partial charge in [-0.25, -0.2) is 13.4 Å². The molecule has 7 nitrogen and oxygen atoms in total. The number of amides is 1. The summed E-state index contributed by atoms with van der Waals surface area (Å²) in [5.41, 5.74) is 2.22. The zero-order valence-corrected chi connectivity index (χ0v) is 22.9.